The molecule has 0 spiro atoms. The van der Waals surface area contributed by atoms with Crippen molar-refractivity contribution in [2.75, 3.05) is 14.2 Å². The minimum atomic E-state index is 0.663. The number of ether oxygens (including phenoxy) is 2. The van der Waals surface area contributed by atoms with Gasteiger partial charge in [0.05, 0.1) is 32.7 Å². The third kappa shape index (κ3) is 3.52. The number of hydrogen-bond acceptors (Lipinski definition) is 5. The SMILES string of the molecule is COc1ccc(Cn2cc(CNC3CC3)nn2)cc1OC. The Hall–Kier alpha value is -2.08. The molecular formula is C15H20N4O2. The highest BCUT2D eigenvalue weighted by Gasteiger charge is 2.20. The van der Waals surface area contributed by atoms with Crippen LogP contribution in [0.25, 0.3) is 0 Å². The van der Waals surface area contributed by atoms with Gasteiger partial charge in [-0.15, -0.1) is 5.10 Å². The Labute approximate surface area is 124 Å². The number of nitrogens with zero attached hydrogens (tertiary/aromatic N) is 3. The van der Waals surface area contributed by atoms with Crippen molar-refractivity contribution in [2.45, 2.75) is 32.0 Å². The molecule has 1 aliphatic carbocycles. The van der Waals surface area contributed by atoms with E-state index in [-0.39, 0.29) is 0 Å². The molecule has 0 saturated heterocycles. The first-order valence-electron chi connectivity index (χ1n) is 7.12. The summed E-state index contributed by atoms with van der Waals surface area (Å²) in [4.78, 5) is 0. The average Bonchev–Trinajstić information content (AvgIpc) is 3.24. The predicted octanol–water partition coefficient (Wildman–Crippen LogP) is 1.60. The second-order valence-corrected chi connectivity index (χ2v) is 5.25. The van der Waals surface area contributed by atoms with E-state index in [0.29, 0.717) is 12.6 Å². The first-order chi connectivity index (χ1) is 10.3. The molecule has 0 radical (unpaired) electrons. The zero-order valence-corrected chi connectivity index (χ0v) is 12.4. The quantitative estimate of drug-likeness (QED) is 0.838. The highest BCUT2D eigenvalue weighted by atomic mass is 16.5. The molecule has 1 aliphatic rings. The molecule has 3 rings (SSSR count). The zero-order chi connectivity index (χ0) is 14.7. The molecule has 0 amide bonds. The lowest BCUT2D eigenvalue weighted by molar-refractivity contribution is 0.354. The Kier molecular flexibility index (Phi) is 4.06. The summed E-state index contributed by atoms with van der Waals surface area (Å²) in [6.07, 6.45) is 4.53. The van der Waals surface area contributed by atoms with Crippen LogP contribution in [0.3, 0.4) is 0 Å². The third-order valence-electron chi connectivity index (χ3n) is 3.53. The fraction of sp³-hybridized carbons (Fsp3) is 0.467. The lowest BCUT2D eigenvalue weighted by Gasteiger charge is -2.09. The minimum Gasteiger partial charge on any atom is -0.493 e. The van der Waals surface area contributed by atoms with Crippen molar-refractivity contribution in [2.24, 2.45) is 0 Å². The summed E-state index contributed by atoms with van der Waals surface area (Å²) in [5, 5.41) is 11.8. The van der Waals surface area contributed by atoms with E-state index in [2.05, 4.69) is 15.6 Å². The van der Waals surface area contributed by atoms with E-state index in [9.17, 15) is 0 Å². The molecule has 112 valence electrons. The van der Waals surface area contributed by atoms with Gasteiger partial charge in [0.2, 0.25) is 0 Å². The largest absolute Gasteiger partial charge is 0.493 e. The van der Waals surface area contributed by atoms with Gasteiger partial charge in [0.15, 0.2) is 11.5 Å². The van der Waals surface area contributed by atoms with E-state index in [1.807, 2.05) is 29.1 Å². The van der Waals surface area contributed by atoms with Gasteiger partial charge in [0.1, 0.15) is 0 Å². The smallest absolute Gasteiger partial charge is 0.161 e. The van der Waals surface area contributed by atoms with E-state index < -0.39 is 0 Å². The number of methoxy groups -OCH3 is 2. The molecule has 1 saturated carbocycles. The lowest BCUT2D eigenvalue weighted by atomic mass is 10.2. The number of benzene rings is 1. The van der Waals surface area contributed by atoms with Crippen LogP contribution in [0.5, 0.6) is 11.5 Å². The second kappa shape index (κ2) is 6.13. The maximum atomic E-state index is 5.31. The Morgan fingerprint density at radius 2 is 2.05 bits per heavy atom. The average molecular weight is 288 g/mol. The molecule has 6 nitrogen and oxygen atoms in total. The van der Waals surface area contributed by atoms with Crippen LogP contribution in [0.15, 0.2) is 24.4 Å². The van der Waals surface area contributed by atoms with Gasteiger partial charge in [0.25, 0.3) is 0 Å². The fourth-order valence-corrected chi connectivity index (χ4v) is 2.20. The Morgan fingerprint density at radius 3 is 2.76 bits per heavy atom. The van der Waals surface area contributed by atoms with Crippen LogP contribution in [0.2, 0.25) is 0 Å². The molecule has 1 aromatic heterocycles. The van der Waals surface area contributed by atoms with Crippen LogP contribution in [-0.2, 0) is 13.1 Å². The van der Waals surface area contributed by atoms with Crippen molar-refractivity contribution in [3.63, 3.8) is 0 Å². The molecule has 0 bridgehead atoms. The molecule has 0 unspecified atom stereocenters. The molecule has 6 heteroatoms. The van der Waals surface area contributed by atoms with Gasteiger partial charge in [-0.3, -0.25) is 0 Å². The Balaban J connectivity index is 1.65. The van der Waals surface area contributed by atoms with Crippen LogP contribution < -0.4 is 14.8 Å². The summed E-state index contributed by atoms with van der Waals surface area (Å²) in [7, 11) is 3.27. The van der Waals surface area contributed by atoms with Gasteiger partial charge in [-0.25, -0.2) is 4.68 Å². The number of rotatable bonds is 7. The highest BCUT2D eigenvalue weighted by Crippen LogP contribution is 2.27. The fourth-order valence-electron chi connectivity index (χ4n) is 2.20. The molecule has 1 fully saturated rings. The topological polar surface area (TPSA) is 61.2 Å². The van der Waals surface area contributed by atoms with Crippen molar-refractivity contribution in [3.8, 4) is 11.5 Å². The Bertz CT molecular complexity index is 607. The number of hydrogen-bond donors (Lipinski definition) is 1. The van der Waals surface area contributed by atoms with Gasteiger partial charge in [0, 0.05) is 12.6 Å². The zero-order valence-electron chi connectivity index (χ0n) is 12.4. The maximum absolute atomic E-state index is 5.31. The maximum Gasteiger partial charge on any atom is 0.161 e. The molecule has 0 atom stereocenters. The third-order valence-corrected chi connectivity index (χ3v) is 3.53. The van der Waals surface area contributed by atoms with E-state index >= 15 is 0 Å². The van der Waals surface area contributed by atoms with Crippen LogP contribution >= 0.6 is 0 Å². The van der Waals surface area contributed by atoms with Crippen LogP contribution in [0.1, 0.15) is 24.1 Å². The van der Waals surface area contributed by atoms with Crippen molar-refractivity contribution < 1.29 is 9.47 Å². The standard InChI is InChI=1S/C15H20N4O2/c1-20-14-6-3-11(7-15(14)21-2)9-19-10-13(17-18-19)8-16-12-4-5-12/h3,6-7,10,12,16H,4-5,8-9H2,1-2H3. The van der Waals surface area contributed by atoms with Crippen molar-refractivity contribution >= 4 is 0 Å². The molecule has 2 aromatic rings. The van der Waals surface area contributed by atoms with Gasteiger partial charge in [-0.1, -0.05) is 11.3 Å². The summed E-state index contributed by atoms with van der Waals surface area (Å²) in [6.45, 7) is 1.45. The van der Waals surface area contributed by atoms with Gasteiger partial charge >= 0.3 is 0 Å². The van der Waals surface area contributed by atoms with E-state index in [1.165, 1.54) is 12.8 Å². The van der Waals surface area contributed by atoms with E-state index in [0.717, 1.165) is 29.3 Å². The van der Waals surface area contributed by atoms with Crippen molar-refractivity contribution in [1.29, 1.82) is 0 Å². The van der Waals surface area contributed by atoms with Crippen LogP contribution in [0, 0.1) is 0 Å². The predicted molar refractivity (Wildman–Crippen MR) is 78.5 cm³/mol. The van der Waals surface area contributed by atoms with Gasteiger partial charge < -0.3 is 14.8 Å². The molecule has 1 heterocycles. The van der Waals surface area contributed by atoms with Gasteiger partial charge in [-0.05, 0) is 30.5 Å². The summed E-state index contributed by atoms with van der Waals surface area (Å²) >= 11 is 0. The molecular weight excluding hydrogens is 268 g/mol. The molecule has 21 heavy (non-hydrogen) atoms. The normalized spacial score (nSPS) is 14.2. The summed E-state index contributed by atoms with van der Waals surface area (Å²) in [5.74, 6) is 1.46. The Morgan fingerprint density at radius 1 is 1.24 bits per heavy atom. The van der Waals surface area contributed by atoms with Gasteiger partial charge in [-0.2, -0.15) is 0 Å². The molecule has 0 aliphatic heterocycles. The number of aromatic nitrogens is 3. The highest BCUT2D eigenvalue weighted by molar-refractivity contribution is 5.42. The monoisotopic (exact) mass is 288 g/mol. The molecule has 1 aromatic carbocycles. The van der Waals surface area contributed by atoms with E-state index in [1.54, 1.807) is 14.2 Å². The first-order valence-corrected chi connectivity index (χ1v) is 7.12. The van der Waals surface area contributed by atoms with Crippen LogP contribution in [0.4, 0.5) is 0 Å². The first kappa shape index (κ1) is 13.9. The van der Waals surface area contributed by atoms with E-state index in [4.69, 9.17) is 9.47 Å². The minimum absolute atomic E-state index is 0.663. The molecule has 1 N–H and O–H groups in total. The van der Waals surface area contributed by atoms with Crippen LogP contribution in [-0.4, -0.2) is 35.3 Å². The summed E-state index contributed by atoms with van der Waals surface area (Å²) < 4.78 is 12.4. The lowest BCUT2D eigenvalue weighted by Crippen LogP contribution is -2.15. The summed E-state index contributed by atoms with van der Waals surface area (Å²) in [5.41, 5.74) is 2.07. The summed E-state index contributed by atoms with van der Waals surface area (Å²) in [6, 6.07) is 6.55. The van der Waals surface area contributed by atoms with Crippen molar-refractivity contribution in [3.05, 3.63) is 35.7 Å². The second-order valence-electron chi connectivity index (χ2n) is 5.25. The van der Waals surface area contributed by atoms with Crippen molar-refractivity contribution in [1.82, 2.24) is 20.3 Å². The number of nitrogens with one attached hydrogen (secondary N) is 1.